The molecule has 3 heteroatoms. The Labute approximate surface area is 123 Å². The Bertz CT molecular complexity index is 534. The van der Waals surface area contributed by atoms with E-state index in [1.54, 1.807) is 23.5 Å². The average Bonchev–Trinajstić information content (AvgIpc) is 3.14. The molecule has 106 valence electrons. The van der Waals surface area contributed by atoms with Gasteiger partial charge in [0.25, 0.3) is 0 Å². The van der Waals surface area contributed by atoms with Crippen LogP contribution in [0.5, 0.6) is 0 Å². The smallest absolute Gasteiger partial charge is 0.126 e. The normalized spacial score (nSPS) is 16.2. The third kappa shape index (κ3) is 3.68. The second kappa shape index (κ2) is 6.51. The minimum atomic E-state index is -0.0691. The molecule has 1 unspecified atom stereocenters. The molecule has 1 heterocycles. The van der Waals surface area contributed by atoms with Crippen molar-refractivity contribution in [3.05, 3.63) is 58.0 Å². The van der Waals surface area contributed by atoms with Crippen molar-refractivity contribution in [2.75, 3.05) is 6.54 Å². The second-order valence-corrected chi connectivity index (χ2v) is 6.35. The maximum absolute atomic E-state index is 14.0. The molecular weight excluding hydrogens is 269 g/mol. The Balaban J connectivity index is 1.67. The standard InChI is InChI=1S/C17H20FNS/c18-17-4-2-1-3-16(17)14(11-19-15-7-8-15)6-5-13-9-10-20-12-13/h1-4,9-10,12,14-15,19H,5-8,11H2. The topological polar surface area (TPSA) is 12.0 Å². The van der Waals surface area contributed by atoms with Gasteiger partial charge in [0.2, 0.25) is 0 Å². The lowest BCUT2D eigenvalue weighted by Gasteiger charge is -2.18. The lowest BCUT2D eigenvalue weighted by atomic mass is 9.92. The fourth-order valence-corrected chi connectivity index (χ4v) is 3.25. The fraction of sp³-hybridized carbons (Fsp3) is 0.412. The minimum absolute atomic E-state index is 0.0691. The first kappa shape index (κ1) is 13.8. The van der Waals surface area contributed by atoms with E-state index in [9.17, 15) is 4.39 Å². The quantitative estimate of drug-likeness (QED) is 0.799. The number of halogens is 1. The van der Waals surface area contributed by atoms with E-state index in [2.05, 4.69) is 22.1 Å². The summed E-state index contributed by atoms with van der Waals surface area (Å²) in [5.74, 6) is 0.192. The largest absolute Gasteiger partial charge is 0.313 e. The third-order valence-corrected chi connectivity index (χ3v) is 4.67. The molecule has 1 aliphatic carbocycles. The monoisotopic (exact) mass is 289 g/mol. The van der Waals surface area contributed by atoms with Gasteiger partial charge in [-0.05, 0) is 65.6 Å². The highest BCUT2D eigenvalue weighted by Gasteiger charge is 2.23. The van der Waals surface area contributed by atoms with Gasteiger partial charge in [0.05, 0.1) is 0 Å². The van der Waals surface area contributed by atoms with Crippen LogP contribution in [-0.2, 0) is 6.42 Å². The number of rotatable bonds is 7. The molecule has 1 aromatic heterocycles. The van der Waals surface area contributed by atoms with E-state index in [-0.39, 0.29) is 11.7 Å². The van der Waals surface area contributed by atoms with Gasteiger partial charge in [0, 0.05) is 12.6 Å². The summed E-state index contributed by atoms with van der Waals surface area (Å²) in [6, 6.07) is 10.0. The van der Waals surface area contributed by atoms with Crippen LogP contribution in [0.25, 0.3) is 0 Å². The first-order chi connectivity index (χ1) is 9.83. The first-order valence-electron chi connectivity index (χ1n) is 7.32. The van der Waals surface area contributed by atoms with Crippen molar-refractivity contribution in [2.45, 2.75) is 37.6 Å². The van der Waals surface area contributed by atoms with Gasteiger partial charge in [-0.15, -0.1) is 0 Å². The summed E-state index contributed by atoms with van der Waals surface area (Å²) >= 11 is 1.73. The Hall–Kier alpha value is -1.19. The fourth-order valence-electron chi connectivity index (χ4n) is 2.55. The van der Waals surface area contributed by atoms with Crippen molar-refractivity contribution in [1.29, 1.82) is 0 Å². The summed E-state index contributed by atoms with van der Waals surface area (Å²) in [7, 11) is 0. The number of hydrogen-bond donors (Lipinski definition) is 1. The summed E-state index contributed by atoms with van der Waals surface area (Å²) in [6.07, 6.45) is 4.56. The predicted molar refractivity (Wildman–Crippen MR) is 82.8 cm³/mol. The lowest BCUT2D eigenvalue weighted by Crippen LogP contribution is -2.24. The summed E-state index contributed by atoms with van der Waals surface area (Å²) in [4.78, 5) is 0. The number of aryl methyl sites for hydroxylation is 1. The molecule has 1 aliphatic rings. The zero-order valence-corrected chi connectivity index (χ0v) is 12.3. The number of thiophene rings is 1. The van der Waals surface area contributed by atoms with Crippen molar-refractivity contribution < 1.29 is 4.39 Å². The molecule has 20 heavy (non-hydrogen) atoms. The van der Waals surface area contributed by atoms with Gasteiger partial charge in [-0.3, -0.25) is 0 Å². The zero-order valence-electron chi connectivity index (χ0n) is 11.5. The van der Waals surface area contributed by atoms with E-state index in [1.807, 2.05) is 12.1 Å². The maximum Gasteiger partial charge on any atom is 0.126 e. The van der Waals surface area contributed by atoms with Crippen molar-refractivity contribution in [1.82, 2.24) is 5.32 Å². The van der Waals surface area contributed by atoms with E-state index in [1.165, 1.54) is 18.4 Å². The van der Waals surface area contributed by atoms with Gasteiger partial charge in [0.1, 0.15) is 5.82 Å². The van der Waals surface area contributed by atoms with E-state index in [0.717, 1.165) is 24.9 Å². The van der Waals surface area contributed by atoms with Crippen LogP contribution in [0.3, 0.4) is 0 Å². The molecule has 0 amide bonds. The van der Waals surface area contributed by atoms with Crippen LogP contribution in [0.2, 0.25) is 0 Å². The predicted octanol–water partition coefficient (Wildman–Crippen LogP) is 4.36. The molecule has 2 aromatic rings. The van der Waals surface area contributed by atoms with Crippen molar-refractivity contribution in [3.8, 4) is 0 Å². The molecule has 0 radical (unpaired) electrons. The van der Waals surface area contributed by atoms with E-state index < -0.39 is 0 Å². The van der Waals surface area contributed by atoms with Gasteiger partial charge >= 0.3 is 0 Å². The van der Waals surface area contributed by atoms with Crippen LogP contribution in [0.15, 0.2) is 41.1 Å². The second-order valence-electron chi connectivity index (χ2n) is 5.57. The first-order valence-corrected chi connectivity index (χ1v) is 8.26. The molecular formula is C17H20FNS. The molecule has 1 aromatic carbocycles. The van der Waals surface area contributed by atoms with E-state index in [4.69, 9.17) is 0 Å². The van der Waals surface area contributed by atoms with Crippen molar-refractivity contribution in [3.63, 3.8) is 0 Å². The molecule has 0 aliphatic heterocycles. The highest BCUT2D eigenvalue weighted by atomic mass is 32.1. The molecule has 1 atom stereocenters. The maximum atomic E-state index is 14.0. The number of benzene rings is 1. The highest BCUT2D eigenvalue weighted by Crippen LogP contribution is 2.26. The number of hydrogen-bond acceptors (Lipinski definition) is 2. The molecule has 0 saturated heterocycles. The van der Waals surface area contributed by atoms with Crippen LogP contribution in [0, 0.1) is 5.82 Å². The van der Waals surface area contributed by atoms with Crippen LogP contribution in [0.1, 0.15) is 36.3 Å². The zero-order chi connectivity index (χ0) is 13.8. The molecule has 0 spiro atoms. The number of nitrogens with one attached hydrogen (secondary N) is 1. The van der Waals surface area contributed by atoms with Crippen LogP contribution < -0.4 is 5.32 Å². The van der Waals surface area contributed by atoms with Crippen LogP contribution in [0.4, 0.5) is 4.39 Å². The molecule has 1 N–H and O–H groups in total. The Morgan fingerprint density at radius 2 is 2.10 bits per heavy atom. The Morgan fingerprint density at radius 3 is 2.80 bits per heavy atom. The molecule has 1 saturated carbocycles. The van der Waals surface area contributed by atoms with Crippen molar-refractivity contribution in [2.24, 2.45) is 0 Å². The van der Waals surface area contributed by atoms with Gasteiger partial charge in [-0.25, -0.2) is 4.39 Å². The minimum Gasteiger partial charge on any atom is -0.313 e. The van der Waals surface area contributed by atoms with Gasteiger partial charge in [-0.2, -0.15) is 11.3 Å². The molecule has 0 bridgehead atoms. The molecule has 1 nitrogen and oxygen atoms in total. The third-order valence-electron chi connectivity index (χ3n) is 3.94. The van der Waals surface area contributed by atoms with Crippen LogP contribution in [-0.4, -0.2) is 12.6 Å². The van der Waals surface area contributed by atoms with Crippen molar-refractivity contribution >= 4 is 11.3 Å². The van der Waals surface area contributed by atoms with E-state index >= 15 is 0 Å². The van der Waals surface area contributed by atoms with E-state index in [0.29, 0.717) is 6.04 Å². The lowest BCUT2D eigenvalue weighted by molar-refractivity contribution is 0.515. The molecule has 3 rings (SSSR count). The highest BCUT2D eigenvalue weighted by molar-refractivity contribution is 7.07. The SMILES string of the molecule is Fc1ccccc1C(CCc1ccsc1)CNC1CC1. The van der Waals surface area contributed by atoms with Gasteiger partial charge in [-0.1, -0.05) is 18.2 Å². The summed E-state index contributed by atoms with van der Waals surface area (Å²) in [5, 5.41) is 7.84. The Morgan fingerprint density at radius 1 is 1.25 bits per heavy atom. The molecule has 1 fully saturated rings. The summed E-state index contributed by atoms with van der Waals surface area (Å²) in [6.45, 7) is 0.885. The van der Waals surface area contributed by atoms with Crippen LogP contribution >= 0.6 is 11.3 Å². The summed E-state index contributed by atoms with van der Waals surface area (Å²) < 4.78 is 14.0. The Kier molecular flexibility index (Phi) is 4.48. The summed E-state index contributed by atoms with van der Waals surface area (Å²) in [5.41, 5.74) is 2.22. The van der Waals surface area contributed by atoms with Gasteiger partial charge < -0.3 is 5.32 Å². The van der Waals surface area contributed by atoms with Gasteiger partial charge in [0.15, 0.2) is 0 Å². The average molecular weight is 289 g/mol.